The van der Waals surface area contributed by atoms with Gasteiger partial charge in [-0.05, 0) is 36.4 Å². The molecule has 9 nitrogen and oxygen atoms in total. The minimum Gasteiger partial charge on any atom is -0.465 e. The first-order chi connectivity index (χ1) is 14.4. The third-order valence-corrected chi connectivity index (χ3v) is 6.14. The first kappa shape index (κ1) is 21.3. The van der Waals surface area contributed by atoms with Crippen molar-refractivity contribution in [3.05, 3.63) is 71.5 Å². The van der Waals surface area contributed by atoms with Crippen molar-refractivity contribution in [2.45, 2.75) is 4.90 Å². The summed E-state index contributed by atoms with van der Waals surface area (Å²) in [6.07, 6.45) is 7.67. The summed E-state index contributed by atoms with van der Waals surface area (Å²) in [4.78, 5) is 29.9. The number of hydrogen-bond acceptors (Lipinski definition) is 9. The van der Waals surface area contributed by atoms with Crippen LogP contribution in [0.15, 0.2) is 76.4 Å². The van der Waals surface area contributed by atoms with E-state index in [1.807, 2.05) is 0 Å². The van der Waals surface area contributed by atoms with Crippen LogP contribution in [0.25, 0.3) is 0 Å². The molecule has 30 heavy (non-hydrogen) atoms. The summed E-state index contributed by atoms with van der Waals surface area (Å²) in [6, 6.07) is 5.77. The Balaban J connectivity index is 1.99. The Hall–Kier alpha value is -3.44. The van der Waals surface area contributed by atoms with Gasteiger partial charge in [-0.2, -0.15) is 0 Å². The van der Waals surface area contributed by atoms with Crippen molar-refractivity contribution in [2.24, 2.45) is 0 Å². The van der Waals surface area contributed by atoms with Gasteiger partial charge in [0.05, 0.1) is 24.7 Å². The Morgan fingerprint density at radius 2 is 1.77 bits per heavy atom. The van der Waals surface area contributed by atoms with Crippen LogP contribution in [0.3, 0.4) is 0 Å². The third-order valence-electron chi connectivity index (χ3n) is 3.97. The number of ether oxygens (including phenoxy) is 2. The van der Waals surface area contributed by atoms with E-state index in [4.69, 9.17) is 9.47 Å². The Kier molecular flexibility index (Phi) is 6.33. The summed E-state index contributed by atoms with van der Waals surface area (Å²) in [5, 5.41) is 1.90. The van der Waals surface area contributed by atoms with E-state index in [0.717, 1.165) is 11.3 Å². The lowest BCUT2D eigenvalue weighted by molar-refractivity contribution is -0.139. The van der Waals surface area contributed by atoms with Crippen LogP contribution in [-0.2, 0) is 29.1 Å². The summed E-state index contributed by atoms with van der Waals surface area (Å²) >= 11 is 1.16. The fourth-order valence-electron chi connectivity index (χ4n) is 2.60. The first-order valence-corrected chi connectivity index (χ1v) is 10.8. The maximum Gasteiger partial charge on any atom is 0.355 e. The van der Waals surface area contributed by atoms with E-state index in [1.54, 1.807) is 23.7 Å². The number of rotatable bonds is 6. The number of nitrogens with zero attached hydrogens (tertiary/aromatic N) is 2. The Morgan fingerprint density at radius 1 is 1.07 bits per heavy atom. The van der Waals surface area contributed by atoms with Crippen molar-refractivity contribution in [1.82, 2.24) is 4.98 Å². The molecule has 0 bridgehead atoms. The number of nitrogens with one attached hydrogen (secondary N) is 1. The highest BCUT2D eigenvalue weighted by molar-refractivity contribution is 7.93. The Morgan fingerprint density at radius 3 is 2.37 bits per heavy atom. The average molecular weight is 447 g/mol. The fraction of sp³-hybridized carbons (Fsp3) is 0.105. The van der Waals surface area contributed by atoms with E-state index in [1.165, 1.54) is 55.7 Å². The topological polar surface area (TPSA) is 115 Å². The molecule has 1 aliphatic heterocycles. The Labute approximate surface area is 177 Å². The lowest BCUT2D eigenvalue weighted by Crippen LogP contribution is -2.27. The van der Waals surface area contributed by atoms with Crippen LogP contribution in [0.5, 0.6) is 0 Å². The van der Waals surface area contributed by atoms with Crippen LogP contribution in [-0.4, -0.2) is 39.6 Å². The molecule has 156 valence electrons. The second-order valence-corrected chi connectivity index (χ2v) is 8.33. The molecule has 0 amide bonds. The van der Waals surface area contributed by atoms with Crippen LogP contribution in [0.2, 0.25) is 0 Å². The zero-order chi connectivity index (χ0) is 21.7. The van der Waals surface area contributed by atoms with Crippen LogP contribution in [0, 0.1) is 0 Å². The monoisotopic (exact) mass is 447 g/mol. The van der Waals surface area contributed by atoms with Gasteiger partial charge in [0.1, 0.15) is 5.70 Å². The molecule has 2 aromatic rings. The maximum absolute atomic E-state index is 12.5. The molecule has 1 aliphatic rings. The van der Waals surface area contributed by atoms with Crippen LogP contribution in [0.1, 0.15) is 0 Å². The minimum absolute atomic E-state index is 0.00326. The molecule has 1 aromatic carbocycles. The predicted molar refractivity (Wildman–Crippen MR) is 111 cm³/mol. The summed E-state index contributed by atoms with van der Waals surface area (Å²) < 4.78 is 37.0. The number of anilines is 2. The quantitative estimate of drug-likeness (QED) is 0.672. The summed E-state index contributed by atoms with van der Waals surface area (Å²) in [7, 11) is -1.43. The van der Waals surface area contributed by atoms with Crippen LogP contribution < -0.4 is 9.62 Å². The highest BCUT2D eigenvalue weighted by Crippen LogP contribution is 2.28. The minimum atomic E-state index is -3.83. The zero-order valence-corrected chi connectivity index (χ0v) is 17.6. The molecule has 3 rings (SSSR count). The van der Waals surface area contributed by atoms with Gasteiger partial charge in [0.2, 0.25) is 0 Å². The average Bonchev–Trinajstić information content (AvgIpc) is 3.15. The molecule has 2 heterocycles. The lowest BCUT2D eigenvalue weighted by atomic mass is 10.1. The largest absolute Gasteiger partial charge is 0.465 e. The second kappa shape index (κ2) is 8.93. The normalized spacial score (nSPS) is 13.7. The molecule has 0 atom stereocenters. The molecule has 0 aliphatic carbocycles. The van der Waals surface area contributed by atoms with Crippen molar-refractivity contribution in [1.29, 1.82) is 0 Å². The van der Waals surface area contributed by atoms with E-state index < -0.39 is 22.0 Å². The van der Waals surface area contributed by atoms with Gasteiger partial charge in [0.15, 0.2) is 5.13 Å². The number of hydrogen-bond donors (Lipinski definition) is 1. The number of sulfonamides is 1. The first-order valence-electron chi connectivity index (χ1n) is 8.44. The number of benzene rings is 1. The van der Waals surface area contributed by atoms with Crippen molar-refractivity contribution in [3.8, 4) is 0 Å². The molecule has 0 unspecified atom stereocenters. The molecular weight excluding hydrogens is 430 g/mol. The summed E-state index contributed by atoms with van der Waals surface area (Å²) in [5.74, 6) is -1.47. The fourth-order valence-corrected chi connectivity index (χ4v) is 4.39. The van der Waals surface area contributed by atoms with Crippen molar-refractivity contribution < 1.29 is 27.5 Å². The number of carbonyl (C=O) groups excluding carboxylic acids is 2. The van der Waals surface area contributed by atoms with E-state index in [2.05, 4.69) is 9.71 Å². The van der Waals surface area contributed by atoms with E-state index in [9.17, 15) is 18.0 Å². The van der Waals surface area contributed by atoms with Crippen molar-refractivity contribution in [3.63, 3.8) is 0 Å². The van der Waals surface area contributed by atoms with Gasteiger partial charge in [0.25, 0.3) is 10.0 Å². The lowest BCUT2D eigenvalue weighted by Gasteiger charge is -2.23. The van der Waals surface area contributed by atoms with Gasteiger partial charge < -0.3 is 14.4 Å². The number of allylic oxidation sites excluding steroid dienone is 2. The molecule has 1 N–H and O–H groups in total. The molecule has 0 fully saturated rings. The molecule has 0 radical (unpaired) electrons. The van der Waals surface area contributed by atoms with Gasteiger partial charge in [0, 0.05) is 23.5 Å². The van der Waals surface area contributed by atoms with Crippen LogP contribution in [0.4, 0.5) is 10.8 Å². The number of aromatic nitrogens is 1. The molecule has 0 saturated carbocycles. The van der Waals surface area contributed by atoms with Gasteiger partial charge in [-0.3, -0.25) is 4.72 Å². The highest BCUT2D eigenvalue weighted by atomic mass is 32.2. The van der Waals surface area contributed by atoms with E-state index in [-0.39, 0.29) is 21.3 Å². The van der Waals surface area contributed by atoms with Crippen molar-refractivity contribution >= 4 is 44.1 Å². The summed E-state index contributed by atoms with van der Waals surface area (Å²) in [6.45, 7) is 0. The third kappa shape index (κ3) is 4.42. The molecule has 0 spiro atoms. The predicted octanol–water partition coefficient (Wildman–Crippen LogP) is 2.43. The Bertz CT molecular complexity index is 1130. The van der Waals surface area contributed by atoms with E-state index in [0.29, 0.717) is 5.69 Å². The number of methoxy groups -OCH3 is 2. The number of carbonyl (C=O) groups is 2. The molecular formula is C19H17N3O6S2. The number of esters is 2. The summed E-state index contributed by atoms with van der Waals surface area (Å²) in [5.41, 5.74) is 0.368. The smallest absolute Gasteiger partial charge is 0.355 e. The van der Waals surface area contributed by atoms with Crippen molar-refractivity contribution in [2.75, 3.05) is 23.8 Å². The highest BCUT2D eigenvalue weighted by Gasteiger charge is 2.27. The maximum atomic E-state index is 12.5. The SMILES string of the molecule is COC(=O)C1=C(C(=O)OC)N(c2ccc(S(=O)(=O)Nc3nccs3)cc2)C=CC=C1. The van der Waals surface area contributed by atoms with Gasteiger partial charge in [-0.25, -0.2) is 23.0 Å². The number of thiazole rings is 1. The standard InChI is InChI=1S/C19H17N3O6S2/c1-27-17(23)15-5-3-4-11-22(16(15)18(24)28-2)13-6-8-14(9-7-13)30(25,26)21-19-20-10-12-29-19/h3-12H,1-2H3,(H,20,21). The van der Waals surface area contributed by atoms with Gasteiger partial charge in [-0.15, -0.1) is 11.3 Å². The zero-order valence-electron chi connectivity index (χ0n) is 15.9. The molecule has 0 saturated heterocycles. The van der Waals surface area contributed by atoms with Crippen LogP contribution >= 0.6 is 11.3 Å². The molecule has 11 heteroatoms. The van der Waals surface area contributed by atoms with E-state index >= 15 is 0 Å². The second-order valence-electron chi connectivity index (χ2n) is 5.75. The van der Waals surface area contributed by atoms with Gasteiger partial charge in [-0.1, -0.05) is 6.08 Å². The van der Waals surface area contributed by atoms with Gasteiger partial charge >= 0.3 is 11.9 Å². The molecule has 1 aromatic heterocycles.